The van der Waals surface area contributed by atoms with E-state index in [1.807, 2.05) is 6.92 Å². The molecule has 4 fully saturated rings. The lowest BCUT2D eigenvalue weighted by molar-refractivity contribution is -0.0702. The van der Waals surface area contributed by atoms with Crippen molar-refractivity contribution < 1.29 is 4.52 Å². The molecule has 0 saturated heterocycles. The highest BCUT2D eigenvalue weighted by Gasteiger charge is 2.52. The number of aryl methyl sites for hydroxylation is 1. The van der Waals surface area contributed by atoms with Gasteiger partial charge in [-0.2, -0.15) is 4.98 Å². The number of hydrogen-bond acceptors (Lipinski definition) is 4. The smallest absolute Gasteiger partial charge is 0.227 e. The number of nitrogens with zero attached hydrogens (tertiary/aromatic N) is 2. The Morgan fingerprint density at radius 3 is 2.33 bits per heavy atom. The summed E-state index contributed by atoms with van der Waals surface area (Å²) in [5.74, 6) is 4.58. The van der Waals surface area contributed by atoms with Crippen LogP contribution in [0, 0.1) is 30.1 Å². The van der Waals surface area contributed by atoms with Crippen LogP contribution in [-0.4, -0.2) is 22.7 Å². The zero-order chi connectivity index (χ0) is 14.4. The molecule has 116 valence electrons. The van der Waals surface area contributed by atoms with Gasteiger partial charge in [-0.05, 0) is 75.5 Å². The molecule has 1 aromatic heterocycles. The quantitative estimate of drug-likeness (QED) is 0.905. The summed E-state index contributed by atoms with van der Waals surface area (Å²) in [5, 5.41) is 7.62. The molecule has 1 atom stereocenters. The van der Waals surface area contributed by atoms with Crippen LogP contribution in [0.3, 0.4) is 0 Å². The van der Waals surface area contributed by atoms with Crippen molar-refractivity contribution in [3.05, 3.63) is 11.7 Å². The van der Waals surface area contributed by atoms with Crippen LogP contribution in [0.25, 0.3) is 0 Å². The van der Waals surface area contributed by atoms with Gasteiger partial charge in [-0.25, -0.2) is 0 Å². The van der Waals surface area contributed by atoms with Gasteiger partial charge < -0.3 is 9.84 Å². The van der Waals surface area contributed by atoms with Crippen molar-refractivity contribution in [2.75, 3.05) is 6.54 Å². The van der Waals surface area contributed by atoms with Gasteiger partial charge in [0.15, 0.2) is 5.82 Å². The summed E-state index contributed by atoms with van der Waals surface area (Å²) in [4.78, 5) is 4.28. The summed E-state index contributed by atoms with van der Waals surface area (Å²) in [5.41, 5.74) is 0.583. The minimum absolute atomic E-state index is 0.583. The Bertz CT molecular complexity index is 475. The van der Waals surface area contributed by atoms with Crippen molar-refractivity contribution >= 4 is 0 Å². The Morgan fingerprint density at radius 1 is 1.19 bits per heavy atom. The average molecular weight is 289 g/mol. The van der Waals surface area contributed by atoms with E-state index >= 15 is 0 Å². The molecule has 21 heavy (non-hydrogen) atoms. The topological polar surface area (TPSA) is 51.0 Å². The molecule has 5 rings (SSSR count). The molecule has 4 nitrogen and oxygen atoms in total. The summed E-state index contributed by atoms with van der Waals surface area (Å²) < 4.78 is 5.19. The molecule has 0 aliphatic heterocycles. The van der Waals surface area contributed by atoms with E-state index in [4.69, 9.17) is 4.52 Å². The molecule has 1 aromatic rings. The fraction of sp³-hybridized carbons (Fsp3) is 0.882. The van der Waals surface area contributed by atoms with Gasteiger partial charge in [0.05, 0.1) is 0 Å². The number of rotatable bonds is 5. The number of aromatic nitrogens is 2. The minimum atomic E-state index is 0.583. The molecular weight excluding hydrogens is 262 g/mol. The highest BCUT2D eigenvalue weighted by Crippen LogP contribution is 2.61. The van der Waals surface area contributed by atoms with E-state index in [0.717, 1.165) is 42.4 Å². The first-order chi connectivity index (χ1) is 10.1. The third kappa shape index (κ3) is 2.52. The summed E-state index contributed by atoms with van der Waals surface area (Å²) in [6.45, 7) is 5.23. The maximum absolute atomic E-state index is 5.19. The van der Waals surface area contributed by atoms with Gasteiger partial charge in [0, 0.05) is 19.0 Å². The Kier molecular flexibility index (Phi) is 3.32. The fourth-order valence-electron chi connectivity index (χ4n) is 5.76. The first-order valence-corrected chi connectivity index (χ1v) is 8.65. The summed E-state index contributed by atoms with van der Waals surface area (Å²) in [6.07, 6.45) is 9.80. The summed E-state index contributed by atoms with van der Waals surface area (Å²) >= 11 is 0. The second-order valence-corrected chi connectivity index (χ2v) is 7.94. The maximum Gasteiger partial charge on any atom is 0.227 e. The zero-order valence-corrected chi connectivity index (χ0v) is 13.3. The van der Waals surface area contributed by atoms with Gasteiger partial charge in [-0.3, -0.25) is 0 Å². The van der Waals surface area contributed by atoms with Crippen LogP contribution in [0.4, 0.5) is 0 Å². The third-order valence-corrected chi connectivity index (χ3v) is 6.36. The molecule has 4 aliphatic carbocycles. The second-order valence-electron chi connectivity index (χ2n) is 7.94. The summed E-state index contributed by atoms with van der Waals surface area (Å²) in [6, 6.07) is 0.620. The molecule has 4 saturated carbocycles. The van der Waals surface area contributed by atoms with Gasteiger partial charge >= 0.3 is 0 Å². The average Bonchev–Trinajstić information content (AvgIpc) is 2.83. The van der Waals surface area contributed by atoms with Crippen molar-refractivity contribution in [1.82, 2.24) is 15.5 Å². The van der Waals surface area contributed by atoms with E-state index < -0.39 is 0 Å². The fourth-order valence-corrected chi connectivity index (χ4v) is 5.76. The van der Waals surface area contributed by atoms with E-state index in [9.17, 15) is 0 Å². The van der Waals surface area contributed by atoms with Crippen LogP contribution in [0.15, 0.2) is 4.52 Å². The molecule has 1 unspecified atom stereocenters. The molecule has 4 heteroatoms. The molecule has 0 amide bonds. The lowest BCUT2D eigenvalue weighted by Gasteiger charge is -2.59. The minimum Gasteiger partial charge on any atom is -0.339 e. The maximum atomic E-state index is 5.19. The van der Waals surface area contributed by atoms with E-state index in [0.29, 0.717) is 11.5 Å². The van der Waals surface area contributed by atoms with E-state index in [-0.39, 0.29) is 0 Å². The molecule has 0 spiro atoms. The molecule has 1 N–H and O–H groups in total. The lowest BCUT2D eigenvalue weighted by Crippen LogP contribution is -2.55. The number of hydrogen-bond donors (Lipinski definition) is 1. The van der Waals surface area contributed by atoms with E-state index in [1.54, 1.807) is 0 Å². The molecule has 4 bridgehead atoms. The standard InChI is InChI=1S/C17H27N3O/c1-11(18-4-3-16-19-12(2)20-21-16)17-8-13-5-14(9-17)7-15(6-13)10-17/h11,13-15,18H,3-10H2,1-2H3. The monoisotopic (exact) mass is 289 g/mol. The van der Waals surface area contributed by atoms with Crippen LogP contribution >= 0.6 is 0 Å². The predicted octanol–water partition coefficient (Wildman–Crippen LogP) is 3.12. The normalized spacial score (nSPS) is 38.9. The second kappa shape index (κ2) is 5.08. The van der Waals surface area contributed by atoms with Crippen LogP contribution in [0.1, 0.15) is 57.2 Å². The molecule has 0 aromatic carbocycles. The first kappa shape index (κ1) is 13.7. The van der Waals surface area contributed by atoms with E-state index in [2.05, 4.69) is 22.4 Å². The number of nitrogens with one attached hydrogen (secondary N) is 1. The van der Waals surface area contributed by atoms with Gasteiger partial charge in [0.2, 0.25) is 5.89 Å². The van der Waals surface area contributed by atoms with Gasteiger partial charge in [0.1, 0.15) is 0 Å². The van der Waals surface area contributed by atoms with Crippen molar-refractivity contribution in [3.63, 3.8) is 0 Å². The Balaban J connectivity index is 1.35. The lowest BCUT2D eigenvalue weighted by atomic mass is 9.48. The largest absolute Gasteiger partial charge is 0.339 e. The zero-order valence-electron chi connectivity index (χ0n) is 13.3. The van der Waals surface area contributed by atoms with Crippen molar-refractivity contribution in [3.8, 4) is 0 Å². The van der Waals surface area contributed by atoms with Crippen molar-refractivity contribution in [2.24, 2.45) is 23.2 Å². The van der Waals surface area contributed by atoms with Crippen LogP contribution < -0.4 is 5.32 Å². The van der Waals surface area contributed by atoms with Crippen molar-refractivity contribution in [2.45, 2.75) is 64.8 Å². The van der Waals surface area contributed by atoms with Gasteiger partial charge in [-0.1, -0.05) is 5.16 Å². The third-order valence-electron chi connectivity index (χ3n) is 6.36. The Hall–Kier alpha value is -0.900. The molecule has 1 heterocycles. The van der Waals surface area contributed by atoms with Gasteiger partial charge in [0.25, 0.3) is 0 Å². The highest BCUT2D eigenvalue weighted by molar-refractivity contribution is 5.05. The SMILES string of the molecule is Cc1noc(CCNC(C)C23CC4CC(CC(C4)C2)C3)n1. The van der Waals surface area contributed by atoms with E-state index in [1.165, 1.54) is 38.5 Å². The van der Waals surface area contributed by atoms with Crippen molar-refractivity contribution in [1.29, 1.82) is 0 Å². The van der Waals surface area contributed by atoms with Crippen LogP contribution in [-0.2, 0) is 6.42 Å². The predicted molar refractivity (Wildman–Crippen MR) is 80.8 cm³/mol. The van der Waals surface area contributed by atoms with Crippen LogP contribution in [0.5, 0.6) is 0 Å². The highest BCUT2D eigenvalue weighted by atomic mass is 16.5. The Morgan fingerprint density at radius 2 is 1.81 bits per heavy atom. The molecule has 4 aliphatic rings. The summed E-state index contributed by atoms with van der Waals surface area (Å²) in [7, 11) is 0. The Labute approximate surface area is 127 Å². The molecular formula is C17H27N3O. The first-order valence-electron chi connectivity index (χ1n) is 8.65. The van der Waals surface area contributed by atoms with Crippen LogP contribution in [0.2, 0.25) is 0 Å². The van der Waals surface area contributed by atoms with Gasteiger partial charge in [-0.15, -0.1) is 0 Å². The molecule has 0 radical (unpaired) electrons.